The van der Waals surface area contributed by atoms with E-state index in [1.54, 1.807) is 0 Å². The van der Waals surface area contributed by atoms with Gasteiger partial charge >= 0.3 is 0 Å². The van der Waals surface area contributed by atoms with Crippen LogP contribution in [-0.2, 0) is 5.41 Å². The molecule has 0 fully saturated rings. The number of benzene rings is 2. The van der Waals surface area contributed by atoms with Crippen molar-refractivity contribution in [3.05, 3.63) is 109 Å². The summed E-state index contributed by atoms with van der Waals surface area (Å²) in [7, 11) is 0. The molecule has 0 N–H and O–H groups in total. The van der Waals surface area contributed by atoms with Gasteiger partial charge in [0.25, 0.3) is 0 Å². The number of hydrogen-bond acceptors (Lipinski definition) is 0. The highest BCUT2D eigenvalue weighted by atomic mass is 14.5. The quantitative estimate of drug-likeness (QED) is 0.620. The van der Waals surface area contributed by atoms with Crippen molar-refractivity contribution >= 4 is 0 Å². The summed E-state index contributed by atoms with van der Waals surface area (Å²) in [5.41, 5.74) is 6.80. The van der Waals surface area contributed by atoms with E-state index in [4.69, 9.17) is 0 Å². The molecular formula is C22H20. The second-order valence-electron chi connectivity index (χ2n) is 5.52. The monoisotopic (exact) mass is 284 g/mol. The Kier molecular flexibility index (Phi) is 3.46. The van der Waals surface area contributed by atoms with Gasteiger partial charge in [0.15, 0.2) is 0 Å². The number of fused-ring (bicyclic) bond motifs is 3. The summed E-state index contributed by atoms with van der Waals surface area (Å²) < 4.78 is 0. The summed E-state index contributed by atoms with van der Waals surface area (Å²) in [5.74, 6) is 0. The van der Waals surface area contributed by atoms with Gasteiger partial charge in [-0.05, 0) is 40.3 Å². The molecule has 0 heteroatoms. The first-order chi connectivity index (χ1) is 10.7. The molecule has 0 atom stereocenters. The van der Waals surface area contributed by atoms with Crippen LogP contribution < -0.4 is 0 Å². The van der Waals surface area contributed by atoms with Gasteiger partial charge in [-0.3, -0.25) is 0 Å². The van der Waals surface area contributed by atoms with Crippen LogP contribution in [0, 0.1) is 0 Å². The Balaban J connectivity index is 2.52. The van der Waals surface area contributed by atoms with E-state index in [-0.39, 0.29) is 5.41 Å². The van der Waals surface area contributed by atoms with E-state index >= 15 is 0 Å². The van der Waals surface area contributed by atoms with Crippen molar-refractivity contribution in [2.45, 2.75) is 12.3 Å². The fourth-order valence-electron chi connectivity index (χ4n) is 3.72. The van der Waals surface area contributed by atoms with Gasteiger partial charge in [0.2, 0.25) is 0 Å². The van der Waals surface area contributed by atoms with Crippen molar-refractivity contribution < 1.29 is 0 Å². The van der Waals surface area contributed by atoms with Crippen molar-refractivity contribution in [1.29, 1.82) is 0 Å². The summed E-state index contributed by atoms with van der Waals surface area (Å²) in [6, 6.07) is 17.1. The zero-order valence-corrected chi connectivity index (χ0v) is 13.0. The van der Waals surface area contributed by atoms with Crippen LogP contribution >= 0.6 is 0 Å². The standard InChI is InChI=1S/C22H20/c1-5-16(4)22(17(6-2)7-3)20-14-10-8-12-18(20)19-13-9-11-15-21(19)22/h5-15H,1-2,4H2,3H3/b17-7+. The molecule has 0 saturated carbocycles. The van der Waals surface area contributed by atoms with Crippen LogP contribution in [0.25, 0.3) is 11.1 Å². The van der Waals surface area contributed by atoms with Gasteiger partial charge in [0.05, 0.1) is 5.41 Å². The maximum atomic E-state index is 4.34. The first-order valence-electron chi connectivity index (χ1n) is 7.52. The van der Waals surface area contributed by atoms with Crippen LogP contribution in [0.2, 0.25) is 0 Å². The van der Waals surface area contributed by atoms with E-state index in [2.05, 4.69) is 81.3 Å². The van der Waals surface area contributed by atoms with Crippen molar-refractivity contribution in [2.24, 2.45) is 0 Å². The third kappa shape index (κ3) is 1.64. The molecule has 1 aliphatic carbocycles. The van der Waals surface area contributed by atoms with Gasteiger partial charge in [0, 0.05) is 0 Å². The van der Waals surface area contributed by atoms with Crippen molar-refractivity contribution in [1.82, 2.24) is 0 Å². The molecule has 2 aromatic carbocycles. The fraction of sp³-hybridized carbons (Fsp3) is 0.0909. The number of hydrogen-bond donors (Lipinski definition) is 0. The van der Waals surface area contributed by atoms with Gasteiger partial charge in [-0.15, -0.1) is 0 Å². The van der Waals surface area contributed by atoms with Gasteiger partial charge in [-0.25, -0.2) is 0 Å². The maximum absolute atomic E-state index is 4.34. The van der Waals surface area contributed by atoms with Gasteiger partial charge in [-0.1, -0.05) is 86.5 Å². The topological polar surface area (TPSA) is 0 Å². The Hall–Kier alpha value is -2.60. The lowest BCUT2D eigenvalue weighted by Gasteiger charge is -2.34. The third-order valence-corrected chi connectivity index (χ3v) is 4.64. The molecule has 2 aromatic rings. The van der Waals surface area contributed by atoms with Crippen molar-refractivity contribution in [3.63, 3.8) is 0 Å². The highest BCUT2D eigenvalue weighted by Gasteiger charge is 2.45. The van der Waals surface area contributed by atoms with E-state index in [1.807, 2.05) is 12.2 Å². The van der Waals surface area contributed by atoms with E-state index in [9.17, 15) is 0 Å². The van der Waals surface area contributed by atoms with Gasteiger partial charge < -0.3 is 0 Å². The molecule has 0 unspecified atom stereocenters. The molecule has 0 aromatic heterocycles. The lowest BCUT2D eigenvalue weighted by atomic mass is 9.67. The largest absolute Gasteiger partial charge is 0.0988 e. The number of rotatable bonds is 4. The van der Waals surface area contributed by atoms with Crippen LogP contribution in [0.5, 0.6) is 0 Å². The Morgan fingerprint density at radius 1 is 0.864 bits per heavy atom. The average molecular weight is 284 g/mol. The van der Waals surface area contributed by atoms with E-state index in [0.29, 0.717) is 0 Å². The molecule has 0 amide bonds. The molecule has 0 nitrogen and oxygen atoms in total. The molecule has 0 radical (unpaired) electrons. The summed E-state index contributed by atoms with van der Waals surface area (Å²) in [4.78, 5) is 0. The second kappa shape index (κ2) is 5.31. The normalized spacial score (nSPS) is 14.9. The summed E-state index contributed by atoms with van der Waals surface area (Å²) in [5, 5.41) is 0. The minimum Gasteiger partial charge on any atom is -0.0988 e. The molecule has 0 saturated heterocycles. The Morgan fingerprint density at radius 2 is 1.36 bits per heavy atom. The molecule has 0 spiro atoms. The van der Waals surface area contributed by atoms with Crippen molar-refractivity contribution in [3.8, 4) is 11.1 Å². The Bertz CT molecular complexity index is 757. The molecule has 0 aliphatic heterocycles. The number of allylic oxidation sites excluding steroid dienone is 5. The van der Waals surface area contributed by atoms with E-state index in [0.717, 1.165) is 11.1 Å². The lowest BCUT2D eigenvalue weighted by Crippen LogP contribution is -2.28. The first-order valence-corrected chi connectivity index (χ1v) is 7.52. The molecule has 3 rings (SSSR count). The second-order valence-corrected chi connectivity index (χ2v) is 5.52. The van der Waals surface area contributed by atoms with Gasteiger partial charge in [-0.2, -0.15) is 0 Å². The summed E-state index contributed by atoms with van der Waals surface area (Å²) in [6.45, 7) is 14.4. The lowest BCUT2D eigenvalue weighted by molar-refractivity contribution is 0.768. The zero-order valence-electron chi connectivity index (χ0n) is 13.0. The first kappa shape index (κ1) is 14.3. The maximum Gasteiger partial charge on any atom is 0.0704 e. The molecule has 1 aliphatic rings. The molecule has 22 heavy (non-hydrogen) atoms. The van der Waals surface area contributed by atoms with Crippen molar-refractivity contribution in [2.75, 3.05) is 0 Å². The third-order valence-electron chi connectivity index (χ3n) is 4.64. The Morgan fingerprint density at radius 3 is 1.77 bits per heavy atom. The molecular weight excluding hydrogens is 264 g/mol. The summed E-state index contributed by atoms with van der Waals surface area (Å²) >= 11 is 0. The SMILES string of the molecule is C=CC(=C)C1(/C(C=C)=C/C)c2ccccc2-c2ccccc21. The fourth-order valence-corrected chi connectivity index (χ4v) is 3.72. The minimum atomic E-state index is -0.383. The van der Waals surface area contributed by atoms with Gasteiger partial charge in [0.1, 0.15) is 0 Å². The van der Waals surface area contributed by atoms with Crippen LogP contribution in [0.3, 0.4) is 0 Å². The van der Waals surface area contributed by atoms with Crippen LogP contribution in [0.15, 0.2) is 97.6 Å². The van der Waals surface area contributed by atoms with E-state index < -0.39 is 0 Å². The van der Waals surface area contributed by atoms with Crippen LogP contribution in [-0.4, -0.2) is 0 Å². The summed E-state index contributed by atoms with van der Waals surface area (Å²) in [6.07, 6.45) is 5.93. The average Bonchev–Trinajstić information content (AvgIpc) is 2.88. The Labute approximate surface area is 132 Å². The predicted octanol–water partition coefficient (Wildman–Crippen LogP) is 5.83. The molecule has 0 bridgehead atoms. The predicted molar refractivity (Wildman–Crippen MR) is 95.9 cm³/mol. The molecule has 0 heterocycles. The zero-order chi connectivity index (χ0) is 15.7. The van der Waals surface area contributed by atoms with Crippen LogP contribution in [0.1, 0.15) is 18.1 Å². The smallest absolute Gasteiger partial charge is 0.0704 e. The minimum absolute atomic E-state index is 0.383. The highest BCUT2D eigenvalue weighted by molar-refractivity contribution is 5.86. The highest BCUT2D eigenvalue weighted by Crippen LogP contribution is 2.56. The molecule has 108 valence electrons. The van der Waals surface area contributed by atoms with Crippen LogP contribution in [0.4, 0.5) is 0 Å². The van der Waals surface area contributed by atoms with E-state index in [1.165, 1.54) is 22.3 Å².